The standard InChI is InChI=1S/C25H19BrN2O5/c1-29-22-8-15(7-18(26)24(22)30-12-14-5-3-2-4-6-14)23-16-9-20-21(32-13-31-20)10-19(16)33-25(28)17(23)11-27/h2-10,23H,12-13,28H2,1H3/t23-/m1/s1. The van der Waals surface area contributed by atoms with Gasteiger partial charge in [-0.2, -0.15) is 5.26 Å². The van der Waals surface area contributed by atoms with Crippen molar-refractivity contribution in [2.45, 2.75) is 12.5 Å². The molecule has 0 fully saturated rings. The molecular formula is C25H19BrN2O5. The zero-order chi connectivity index (χ0) is 22.9. The maximum absolute atomic E-state index is 9.88. The van der Waals surface area contributed by atoms with Gasteiger partial charge in [-0.25, -0.2) is 0 Å². The summed E-state index contributed by atoms with van der Waals surface area (Å²) in [6.07, 6.45) is 0. The number of fused-ring (bicyclic) bond motifs is 2. The summed E-state index contributed by atoms with van der Waals surface area (Å²) in [7, 11) is 1.58. The molecule has 0 saturated carbocycles. The molecule has 0 aromatic heterocycles. The minimum Gasteiger partial charge on any atom is -0.493 e. The lowest BCUT2D eigenvalue weighted by Crippen LogP contribution is -2.21. The highest BCUT2D eigenvalue weighted by atomic mass is 79.9. The molecule has 0 unspecified atom stereocenters. The average Bonchev–Trinajstić information content (AvgIpc) is 3.28. The Labute approximate surface area is 199 Å². The molecule has 8 heteroatoms. The quantitative estimate of drug-likeness (QED) is 0.520. The number of hydrogen-bond donors (Lipinski definition) is 1. The number of benzene rings is 3. The molecule has 0 saturated heterocycles. The van der Waals surface area contributed by atoms with E-state index in [2.05, 4.69) is 22.0 Å². The number of nitrogens with zero attached hydrogens (tertiary/aromatic N) is 1. The number of nitrogens with two attached hydrogens (primary N) is 1. The van der Waals surface area contributed by atoms with Crippen LogP contribution < -0.4 is 29.4 Å². The molecule has 0 aliphatic carbocycles. The normalized spacial score (nSPS) is 16.0. The van der Waals surface area contributed by atoms with E-state index in [1.165, 1.54) is 0 Å². The van der Waals surface area contributed by atoms with Crippen LogP contribution in [0.25, 0.3) is 0 Å². The SMILES string of the molecule is COc1cc([C@H]2C(C#N)=C(N)Oc3cc4c(cc32)OCO4)cc(Br)c1OCc1ccccc1. The summed E-state index contributed by atoms with van der Waals surface area (Å²) < 4.78 is 29.1. The van der Waals surface area contributed by atoms with Gasteiger partial charge in [0.2, 0.25) is 12.7 Å². The van der Waals surface area contributed by atoms with Crippen LogP contribution in [0.4, 0.5) is 0 Å². The van der Waals surface area contributed by atoms with Crippen LogP contribution >= 0.6 is 15.9 Å². The monoisotopic (exact) mass is 506 g/mol. The Morgan fingerprint density at radius 1 is 1.09 bits per heavy atom. The van der Waals surface area contributed by atoms with Crippen LogP contribution in [-0.2, 0) is 6.61 Å². The molecule has 2 aliphatic rings. The maximum atomic E-state index is 9.88. The third kappa shape index (κ3) is 3.81. The molecule has 3 aromatic rings. The predicted octanol–water partition coefficient (Wildman–Crippen LogP) is 4.98. The Morgan fingerprint density at radius 3 is 2.58 bits per heavy atom. The lowest BCUT2D eigenvalue weighted by molar-refractivity contribution is 0.174. The third-order valence-electron chi connectivity index (χ3n) is 5.52. The van der Waals surface area contributed by atoms with E-state index in [0.717, 1.165) is 16.7 Å². The van der Waals surface area contributed by atoms with Crippen molar-refractivity contribution in [2.75, 3.05) is 13.9 Å². The topological polar surface area (TPSA) is 96.0 Å². The molecule has 2 aliphatic heterocycles. The summed E-state index contributed by atoms with van der Waals surface area (Å²) in [4.78, 5) is 0. The van der Waals surface area contributed by atoms with Crippen LogP contribution in [0, 0.1) is 11.3 Å². The first-order chi connectivity index (χ1) is 16.1. The second kappa shape index (κ2) is 8.60. The molecule has 7 nitrogen and oxygen atoms in total. The first-order valence-electron chi connectivity index (χ1n) is 10.1. The molecule has 3 aromatic carbocycles. The Hall–Kier alpha value is -3.83. The second-order valence-electron chi connectivity index (χ2n) is 7.48. The molecule has 0 bridgehead atoms. The zero-order valence-corrected chi connectivity index (χ0v) is 19.2. The van der Waals surface area contributed by atoms with Gasteiger partial charge in [-0.3, -0.25) is 0 Å². The summed E-state index contributed by atoms with van der Waals surface area (Å²) in [5, 5.41) is 9.88. The largest absolute Gasteiger partial charge is 0.493 e. The lowest BCUT2D eigenvalue weighted by Gasteiger charge is -2.27. The average molecular weight is 507 g/mol. The number of hydrogen-bond acceptors (Lipinski definition) is 7. The molecule has 2 heterocycles. The Balaban J connectivity index is 1.57. The fourth-order valence-corrected chi connectivity index (χ4v) is 4.54. The van der Waals surface area contributed by atoms with E-state index in [1.54, 1.807) is 13.2 Å². The van der Waals surface area contributed by atoms with E-state index in [0.29, 0.717) is 45.4 Å². The van der Waals surface area contributed by atoms with Crippen LogP contribution in [0.2, 0.25) is 0 Å². The van der Waals surface area contributed by atoms with Crippen LogP contribution in [0.15, 0.2) is 70.5 Å². The number of halogens is 1. The van der Waals surface area contributed by atoms with E-state index < -0.39 is 5.92 Å². The van der Waals surface area contributed by atoms with Gasteiger partial charge in [0.15, 0.2) is 23.0 Å². The minimum atomic E-state index is -0.485. The molecule has 2 N–H and O–H groups in total. The summed E-state index contributed by atoms with van der Waals surface area (Å²) in [5.74, 6) is 2.34. The molecule has 166 valence electrons. The zero-order valence-electron chi connectivity index (χ0n) is 17.6. The molecule has 0 spiro atoms. The van der Waals surface area contributed by atoms with E-state index in [-0.39, 0.29) is 12.7 Å². The van der Waals surface area contributed by atoms with Crippen molar-refractivity contribution in [3.05, 3.63) is 87.2 Å². The van der Waals surface area contributed by atoms with Crippen molar-refractivity contribution < 1.29 is 23.7 Å². The highest BCUT2D eigenvalue weighted by Gasteiger charge is 2.34. The fourth-order valence-electron chi connectivity index (χ4n) is 3.97. The van der Waals surface area contributed by atoms with Gasteiger partial charge < -0.3 is 29.4 Å². The van der Waals surface area contributed by atoms with Crippen molar-refractivity contribution in [1.82, 2.24) is 0 Å². The van der Waals surface area contributed by atoms with E-state index in [1.807, 2.05) is 48.5 Å². The molecule has 33 heavy (non-hydrogen) atoms. The van der Waals surface area contributed by atoms with Gasteiger partial charge in [0.1, 0.15) is 24.0 Å². The van der Waals surface area contributed by atoms with Gasteiger partial charge in [0.25, 0.3) is 0 Å². The van der Waals surface area contributed by atoms with E-state index >= 15 is 0 Å². The molecule has 0 radical (unpaired) electrons. The number of nitriles is 1. The van der Waals surface area contributed by atoms with Crippen LogP contribution in [-0.4, -0.2) is 13.9 Å². The molecule has 0 amide bonds. The van der Waals surface area contributed by atoms with Gasteiger partial charge in [0.05, 0.1) is 17.5 Å². The first kappa shape index (κ1) is 21.0. The molecular weight excluding hydrogens is 488 g/mol. The first-order valence-corrected chi connectivity index (χ1v) is 10.9. The van der Waals surface area contributed by atoms with E-state index in [4.69, 9.17) is 29.4 Å². The lowest BCUT2D eigenvalue weighted by atomic mass is 9.83. The molecule has 5 rings (SSSR count). The van der Waals surface area contributed by atoms with Gasteiger partial charge in [-0.1, -0.05) is 30.3 Å². The van der Waals surface area contributed by atoms with Crippen molar-refractivity contribution >= 4 is 15.9 Å². The van der Waals surface area contributed by atoms with Crippen molar-refractivity contribution in [3.8, 4) is 34.8 Å². The maximum Gasteiger partial charge on any atom is 0.231 e. The van der Waals surface area contributed by atoms with Crippen LogP contribution in [0.3, 0.4) is 0 Å². The van der Waals surface area contributed by atoms with E-state index in [9.17, 15) is 5.26 Å². The Bertz CT molecular complexity index is 1300. The second-order valence-corrected chi connectivity index (χ2v) is 8.33. The van der Waals surface area contributed by atoms with Gasteiger partial charge in [-0.15, -0.1) is 0 Å². The Kier molecular flexibility index (Phi) is 5.48. The van der Waals surface area contributed by atoms with Crippen molar-refractivity contribution in [1.29, 1.82) is 5.26 Å². The van der Waals surface area contributed by atoms with Crippen molar-refractivity contribution in [3.63, 3.8) is 0 Å². The summed E-state index contributed by atoms with van der Waals surface area (Å²) in [6, 6.07) is 19.4. The summed E-state index contributed by atoms with van der Waals surface area (Å²) in [6.45, 7) is 0.513. The van der Waals surface area contributed by atoms with Gasteiger partial charge in [-0.05, 0) is 45.3 Å². The van der Waals surface area contributed by atoms with Crippen molar-refractivity contribution in [2.24, 2.45) is 5.73 Å². The number of allylic oxidation sites excluding steroid dienone is 1. The highest BCUT2D eigenvalue weighted by Crippen LogP contribution is 2.50. The van der Waals surface area contributed by atoms with Gasteiger partial charge >= 0.3 is 0 Å². The highest BCUT2D eigenvalue weighted by molar-refractivity contribution is 9.10. The van der Waals surface area contributed by atoms with Gasteiger partial charge in [0, 0.05) is 11.6 Å². The van der Waals surface area contributed by atoms with Crippen LogP contribution in [0.1, 0.15) is 22.6 Å². The number of rotatable bonds is 5. The van der Waals surface area contributed by atoms with Crippen LogP contribution in [0.5, 0.6) is 28.7 Å². The number of methoxy groups -OCH3 is 1. The predicted molar refractivity (Wildman–Crippen MR) is 123 cm³/mol. The molecule has 1 atom stereocenters. The smallest absolute Gasteiger partial charge is 0.231 e. The third-order valence-corrected chi connectivity index (χ3v) is 6.11. The summed E-state index contributed by atoms with van der Waals surface area (Å²) >= 11 is 3.61. The fraction of sp³-hybridized carbons (Fsp3) is 0.160. The number of ether oxygens (including phenoxy) is 5. The minimum absolute atomic E-state index is 0.0494. The Morgan fingerprint density at radius 2 is 1.85 bits per heavy atom. The summed E-state index contributed by atoms with van der Waals surface area (Å²) in [5.41, 5.74) is 8.99.